The molecule has 0 aliphatic carbocycles. The van der Waals surface area contributed by atoms with E-state index in [-0.39, 0.29) is 12.0 Å². The molecule has 21 heavy (non-hydrogen) atoms. The van der Waals surface area contributed by atoms with Crippen LogP contribution in [-0.2, 0) is 0 Å². The number of nitrogens with zero attached hydrogens (tertiary/aromatic N) is 1. The lowest BCUT2D eigenvalue weighted by Crippen LogP contribution is -2.42. The fraction of sp³-hybridized carbons (Fsp3) is 0.235. The largest absolute Gasteiger partial charge is 0.487 e. The van der Waals surface area contributed by atoms with Crippen LogP contribution < -0.4 is 9.64 Å². The second-order valence-corrected chi connectivity index (χ2v) is 5.33. The van der Waals surface area contributed by atoms with Gasteiger partial charge in [0.2, 0.25) is 0 Å². The van der Waals surface area contributed by atoms with Gasteiger partial charge in [0, 0.05) is 5.56 Å². The van der Waals surface area contributed by atoms with E-state index in [2.05, 4.69) is 0 Å². The quantitative estimate of drug-likeness (QED) is 0.801. The molecule has 2 aromatic rings. The summed E-state index contributed by atoms with van der Waals surface area (Å²) < 4.78 is 19.1. The Bertz CT molecular complexity index is 699. The normalized spacial score (nSPS) is 17.1. The summed E-state index contributed by atoms with van der Waals surface area (Å²) in [6.45, 7) is 4.32. The van der Waals surface area contributed by atoms with Crippen molar-refractivity contribution in [2.24, 2.45) is 0 Å². The van der Waals surface area contributed by atoms with Crippen molar-refractivity contribution in [1.82, 2.24) is 0 Å². The molecule has 1 amide bonds. The molecule has 4 heteroatoms. The van der Waals surface area contributed by atoms with Crippen LogP contribution in [0.3, 0.4) is 0 Å². The molecule has 3 nitrogen and oxygen atoms in total. The highest BCUT2D eigenvalue weighted by Gasteiger charge is 2.28. The number of carbonyl (C=O) groups is 1. The number of hydrogen-bond donors (Lipinski definition) is 0. The molecule has 0 saturated carbocycles. The summed E-state index contributed by atoms with van der Waals surface area (Å²) >= 11 is 0. The van der Waals surface area contributed by atoms with E-state index in [4.69, 9.17) is 4.74 Å². The summed E-state index contributed by atoms with van der Waals surface area (Å²) in [5.74, 6) is 0.0622. The minimum Gasteiger partial charge on any atom is -0.487 e. The Morgan fingerprint density at radius 3 is 2.86 bits per heavy atom. The smallest absolute Gasteiger partial charge is 0.258 e. The maximum absolute atomic E-state index is 13.3. The van der Waals surface area contributed by atoms with Gasteiger partial charge in [-0.15, -0.1) is 0 Å². The lowest BCUT2D eigenvalue weighted by atomic mass is 10.1. The van der Waals surface area contributed by atoms with Gasteiger partial charge in [-0.3, -0.25) is 4.79 Å². The Morgan fingerprint density at radius 2 is 2.10 bits per heavy atom. The highest BCUT2D eigenvalue weighted by atomic mass is 19.1. The highest BCUT2D eigenvalue weighted by Crippen LogP contribution is 2.35. The Morgan fingerprint density at radius 1 is 1.29 bits per heavy atom. The maximum atomic E-state index is 13.3. The van der Waals surface area contributed by atoms with Crippen molar-refractivity contribution in [1.29, 1.82) is 0 Å². The average molecular weight is 285 g/mol. The van der Waals surface area contributed by atoms with Gasteiger partial charge in [-0.05, 0) is 49.7 Å². The molecular weight excluding hydrogens is 269 g/mol. The van der Waals surface area contributed by atoms with E-state index in [0.717, 1.165) is 11.3 Å². The predicted molar refractivity (Wildman–Crippen MR) is 79.3 cm³/mol. The number of anilines is 1. The van der Waals surface area contributed by atoms with Gasteiger partial charge in [0.1, 0.15) is 17.7 Å². The first-order valence-electron chi connectivity index (χ1n) is 6.89. The molecule has 0 aromatic heterocycles. The standard InChI is InChI=1S/C17H16FNO2/c1-11-6-7-16-15(8-11)19(10-12(2)21-16)17(20)13-4-3-5-14(18)9-13/h3-9,12H,10H2,1-2H3/t12-/m0/s1. The minimum absolute atomic E-state index is 0.0993. The summed E-state index contributed by atoms with van der Waals surface area (Å²) in [7, 11) is 0. The monoisotopic (exact) mass is 285 g/mol. The Kier molecular flexibility index (Phi) is 3.37. The van der Waals surface area contributed by atoms with Crippen LogP contribution in [0, 0.1) is 12.7 Å². The number of rotatable bonds is 1. The molecule has 0 saturated heterocycles. The van der Waals surface area contributed by atoms with Gasteiger partial charge in [-0.1, -0.05) is 12.1 Å². The number of hydrogen-bond acceptors (Lipinski definition) is 2. The van der Waals surface area contributed by atoms with Gasteiger partial charge in [-0.2, -0.15) is 0 Å². The molecule has 1 atom stereocenters. The van der Waals surface area contributed by atoms with Crippen molar-refractivity contribution in [2.45, 2.75) is 20.0 Å². The number of ether oxygens (including phenoxy) is 1. The molecule has 0 fully saturated rings. The van der Waals surface area contributed by atoms with Gasteiger partial charge in [0.25, 0.3) is 5.91 Å². The topological polar surface area (TPSA) is 29.5 Å². The third-order valence-corrected chi connectivity index (χ3v) is 3.49. The van der Waals surface area contributed by atoms with Crippen LogP contribution in [0.2, 0.25) is 0 Å². The third-order valence-electron chi connectivity index (χ3n) is 3.49. The predicted octanol–water partition coefficient (Wildman–Crippen LogP) is 3.56. The average Bonchev–Trinajstić information content (AvgIpc) is 2.46. The second-order valence-electron chi connectivity index (χ2n) is 5.33. The summed E-state index contributed by atoms with van der Waals surface area (Å²) in [6.07, 6.45) is -0.0993. The molecule has 0 spiro atoms. The van der Waals surface area contributed by atoms with Crippen LogP contribution in [0.15, 0.2) is 42.5 Å². The first kappa shape index (κ1) is 13.6. The van der Waals surface area contributed by atoms with Gasteiger partial charge in [0.05, 0.1) is 12.2 Å². The van der Waals surface area contributed by atoms with Gasteiger partial charge in [0.15, 0.2) is 0 Å². The van der Waals surface area contributed by atoms with Crippen LogP contribution in [0.25, 0.3) is 0 Å². The Balaban J connectivity index is 2.02. The molecule has 108 valence electrons. The zero-order chi connectivity index (χ0) is 15.0. The molecular formula is C17H16FNO2. The molecule has 0 unspecified atom stereocenters. The van der Waals surface area contributed by atoms with E-state index in [1.165, 1.54) is 12.1 Å². The Hall–Kier alpha value is -2.36. The molecule has 2 aromatic carbocycles. The first-order chi connectivity index (χ1) is 10.0. The van der Waals surface area contributed by atoms with Crippen LogP contribution >= 0.6 is 0 Å². The number of amides is 1. The van der Waals surface area contributed by atoms with Crippen molar-refractivity contribution >= 4 is 11.6 Å². The summed E-state index contributed by atoms with van der Waals surface area (Å²) in [6, 6.07) is 11.5. The minimum atomic E-state index is -0.411. The summed E-state index contributed by atoms with van der Waals surface area (Å²) in [5, 5.41) is 0. The van der Waals surface area contributed by atoms with E-state index in [0.29, 0.717) is 17.9 Å². The molecule has 1 heterocycles. The van der Waals surface area contributed by atoms with Crippen molar-refractivity contribution in [2.75, 3.05) is 11.4 Å². The molecule has 1 aliphatic heterocycles. The van der Waals surface area contributed by atoms with Crippen molar-refractivity contribution in [3.05, 3.63) is 59.4 Å². The number of fused-ring (bicyclic) bond motifs is 1. The molecule has 0 radical (unpaired) electrons. The molecule has 0 bridgehead atoms. The lowest BCUT2D eigenvalue weighted by Gasteiger charge is -2.33. The lowest BCUT2D eigenvalue weighted by molar-refractivity contribution is 0.0960. The summed E-state index contributed by atoms with van der Waals surface area (Å²) in [4.78, 5) is 14.3. The van der Waals surface area contributed by atoms with Crippen LogP contribution in [0.5, 0.6) is 5.75 Å². The van der Waals surface area contributed by atoms with Gasteiger partial charge >= 0.3 is 0 Å². The first-order valence-corrected chi connectivity index (χ1v) is 6.89. The number of carbonyl (C=O) groups excluding carboxylic acids is 1. The van der Waals surface area contributed by atoms with E-state index in [1.807, 2.05) is 32.0 Å². The molecule has 1 aliphatic rings. The van der Waals surface area contributed by atoms with E-state index in [1.54, 1.807) is 17.0 Å². The molecule has 0 N–H and O–H groups in total. The van der Waals surface area contributed by atoms with Gasteiger partial charge < -0.3 is 9.64 Å². The number of benzene rings is 2. The zero-order valence-electron chi connectivity index (χ0n) is 12.0. The van der Waals surface area contributed by atoms with Crippen LogP contribution in [-0.4, -0.2) is 18.6 Å². The fourth-order valence-corrected chi connectivity index (χ4v) is 2.52. The van der Waals surface area contributed by atoms with Crippen LogP contribution in [0.1, 0.15) is 22.8 Å². The second kappa shape index (κ2) is 5.20. The summed E-state index contributed by atoms with van der Waals surface area (Å²) in [5.41, 5.74) is 2.13. The van der Waals surface area contributed by atoms with Crippen molar-refractivity contribution in [3.8, 4) is 5.75 Å². The number of aryl methyl sites for hydroxylation is 1. The zero-order valence-corrected chi connectivity index (χ0v) is 12.0. The molecule has 3 rings (SSSR count). The maximum Gasteiger partial charge on any atom is 0.258 e. The SMILES string of the molecule is Cc1ccc2c(c1)N(C(=O)c1cccc(F)c1)C[C@H](C)O2. The van der Waals surface area contributed by atoms with Crippen molar-refractivity contribution in [3.63, 3.8) is 0 Å². The van der Waals surface area contributed by atoms with Crippen LogP contribution in [0.4, 0.5) is 10.1 Å². The highest BCUT2D eigenvalue weighted by molar-refractivity contribution is 6.07. The van der Waals surface area contributed by atoms with Gasteiger partial charge in [-0.25, -0.2) is 4.39 Å². The van der Waals surface area contributed by atoms with E-state index in [9.17, 15) is 9.18 Å². The fourth-order valence-electron chi connectivity index (χ4n) is 2.52. The van der Waals surface area contributed by atoms with Crippen molar-refractivity contribution < 1.29 is 13.9 Å². The number of halogens is 1. The van der Waals surface area contributed by atoms with E-state index < -0.39 is 5.82 Å². The van der Waals surface area contributed by atoms with E-state index >= 15 is 0 Å². The Labute approximate surface area is 123 Å². The third kappa shape index (κ3) is 2.61.